The van der Waals surface area contributed by atoms with Crippen molar-refractivity contribution in [1.82, 2.24) is 0 Å². The summed E-state index contributed by atoms with van der Waals surface area (Å²) in [5.41, 5.74) is 6.82. The highest BCUT2D eigenvalue weighted by molar-refractivity contribution is 6.30. The topological polar surface area (TPSA) is 43.1 Å². The Hall–Kier alpha value is -0.860. The van der Waals surface area contributed by atoms with Crippen molar-refractivity contribution in [2.45, 2.75) is 45.6 Å². The Morgan fingerprint density at radius 3 is 2.26 bits per heavy atom. The molecular formula is C16H22ClNO. The van der Waals surface area contributed by atoms with E-state index in [1.807, 2.05) is 45.0 Å². The van der Waals surface area contributed by atoms with Crippen molar-refractivity contribution in [1.29, 1.82) is 0 Å². The Morgan fingerprint density at radius 1 is 1.32 bits per heavy atom. The quantitative estimate of drug-likeness (QED) is 0.915. The average molecular weight is 280 g/mol. The number of ketones is 1. The summed E-state index contributed by atoms with van der Waals surface area (Å²) < 4.78 is 0. The summed E-state index contributed by atoms with van der Waals surface area (Å²) in [6.07, 6.45) is 2.62. The van der Waals surface area contributed by atoms with Crippen LogP contribution in [-0.2, 0) is 11.2 Å². The first-order valence-corrected chi connectivity index (χ1v) is 7.18. The molecule has 0 bridgehead atoms. The summed E-state index contributed by atoms with van der Waals surface area (Å²) in [5.74, 6) is 0.177. The standard InChI is InChI=1S/C16H22ClNO/c1-15(2,3)14(19)13(16(18)8-9-16)10-11-4-6-12(17)7-5-11/h4-7,13H,8-10,18H2,1-3H3. The molecule has 0 aliphatic heterocycles. The van der Waals surface area contributed by atoms with E-state index >= 15 is 0 Å². The van der Waals surface area contributed by atoms with Gasteiger partial charge < -0.3 is 5.73 Å². The fourth-order valence-electron chi connectivity index (χ4n) is 2.43. The third-order valence-electron chi connectivity index (χ3n) is 3.93. The Labute approximate surface area is 120 Å². The van der Waals surface area contributed by atoms with Crippen LogP contribution < -0.4 is 5.73 Å². The molecule has 0 amide bonds. The van der Waals surface area contributed by atoms with Gasteiger partial charge in [0, 0.05) is 21.9 Å². The molecule has 0 saturated heterocycles. The smallest absolute Gasteiger partial charge is 0.143 e. The van der Waals surface area contributed by atoms with E-state index in [2.05, 4.69) is 0 Å². The van der Waals surface area contributed by atoms with Crippen LogP contribution in [0.3, 0.4) is 0 Å². The minimum atomic E-state index is -0.341. The highest BCUT2D eigenvalue weighted by atomic mass is 35.5. The molecule has 1 fully saturated rings. The summed E-state index contributed by atoms with van der Waals surface area (Å²) in [7, 11) is 0. The van der Waals surface area contributed by atoms with E-state index in [4.69, 9.17) is 17.3 Å². The molecule has 104 valence electrons. The van der Waals surface area contributed by atoms with Crippen molar-refractivity contribution < 1.29 is 4.79 Å². The van der Waals surface area contributed by atoms with Crippen molar-refractivity contribution in [3.8, 4) is 0 Å². The molecule has 0 radical (unpaired) electrons. The Balaban J connectivity index is 2.20. The number of nitrogens with two attached hydrogens (primary N) is 1. The van der Waals surface area contributed by atoms with E-state index in [9.17, 15) is 4.79 Å². The lowest BCUT2D eigenvalue weighted by Crippen LogP contribution is -2.43. The van der Waals surface area contributed by atoms with E-state index in [-0.39, 0.29) is 22.7 Å². The molecule has 1 unspecified atom stereocenters. The lowest BCUT2D eigenvalue weighted by Gasteiger charge is -2.29. The number of benzene rings is 1. The fourth-order valence-corrected chi connectivity index (χ4v) is 2.55. The number of carbonyl (C=O) groups excluding carboxylic acids is 1. The van der Waals surface area contributed by atoms with Crippen LogP contribution >= 0.6 is 11.6 Å². The van der Waals surface area contributed by atoms with Crippen molar-refractivity contribution in [2.75, 3.05) is 0 Å². The zero-order valence-corrected chi connectivity index (χ0v) is 12.6. The number of carbonyl (C=O) groups is 1. The van der Waals surface area contributed by atoms with Crippen LogP contribution in [0.25, 0.3) is 0 Å². The second kappa shape index (κ2) is 4.92. The molecule has 1 atom stereocenters. The number of hydrogen-bond acceptors (Lipinski definition) is 2. The van der Waals surface area contributed by atoms with E-state index in [0.717, 1.165) is 23.4 Å². The second-order valence-corrected chi connectivity index (χ2v) is 7.17. The predicted octanol–water partition coefficient (Wildman–Crippen LogP) is 3.61. The Kier molecular flexibility index (Phi) is 3.76. The molecule has 2 rings (SSSR count). The van der Waals surface area contributed by atoms with Gasteiger partial charge in [0.25, 0.3) is 0 Å². The SMILES string of the molecule is CC(C)(C)C(=O)C(Cc1ccc(Cl)cc1)C1(N)CC1. The van der Waals surface area contributed by atoms with Crippen LogP contribution in [0.15, 0.2) is 24.3 Å². The van der Waals surface area contributed by atoms with Gasteiger partial charge in [-0.05, 0) is 37.0 Å². The third-order valence-corrected chi connectivity index (χ3v) is 4.18. The van der Waals surface area contributed by atoms with Crippen molar-refractivity contribution in [3.05, 3.63) is 34.9 Å². The van der Waals surface area contributed by atoms with Gasteiger partial charge >= 0.3 is 0 Å². The first-order chi connectivity index (χ1) is 8.72. The normalized spacial score (nSPS) is 19.0. The predicted molar refractivity (Wildman–Crippen MR) is 79.3 cm³/mol. The van der Waals surface area contributed by atoms with Gasteiger partial charge in [0.05, 0.1) is 0 Å². The second-order valence-electron chi connectivity index (χ2n) is 6.73. The van der Waals surface area contributed by atoms with Crippen LogP contribution in [0.5, 0.6) is 0 Å². The molecule has 0 aromatic heterocycles. The Bertz CT molecular complexity index is 469. The van der Waals surface area contributed by atoms with E-state index in [1.165, 1.54) is 0 Å². The molecule has 19 heavy (non-hydrogen) atoms. The van der Waals surface area contributed by atoms with Crippen LogP contribution in [0.2, 0.25) is 5.02 Å². The molecule has 1 aromatic rings. The molecule has 1 aliphatic rings. The number of rotatable bonds is 4. The minimum absolute atomic E-state index is 0.0892. The van der Waals surface area contributed by atoms with Gasteiger partial charge in [0.1, 0.15) is 5.78 Å². The van der Waals surface area contributed by atoms with Gasteiger partial charge in [0.2, 0.25) is 0 Å². The molecule has 1 saturated carbocycles. The molecule has 3 heteroatoms. The largest absolute Gasteiger partial charge is 0.324 e. The van der Waals surface area contributed by atoms with Crippen LogP contribution in [0.4, 0.5) is 0 Å². The molecular weight excluding hydrogens is 258 g/mol. The van der Waals surface area contributed by atoms with Crippen LogP contribution in [0, 0.1) is 11.3 Å². The highest BCUT2D eigenvalue weighted by Gasteiger charge is 2.50. The van der Waals surface area contributed by atoms with Gasteiger partial charge in [-0.15, -0.1) is 0 Å². The van der Waals surface area contributed by atoms with E-state index in [1.54, 1.807) is 0 Å². The molecule has 0 heterocycles. The Morgan fingerprint density at radius 2 is 1.84 bits per heavy atom. The van der Waals surface area contributed by atoms with Gasteiger partial charge in [-0.2, -0.15) is 0 Å². The first-order valence-electron chi connectivity index (χ1n) is 6.80. The number of Topliss-reactive ketones (excluding diaryl/α,β-unsaturated/α-hetero) is 1. The zero-order chi connectivity index (χ0) is 14.3. The molecule has 2 nitrogen and oxygen atoms in total. The third kappa shape index (κ3) is 3.37. The van der Waals surface area contributed by atoms with Gasteiger partial charge in [-0.3, -0.25) is 4.79 Å². The van der Waals surface area contributed by atoms with Crippen LogP contribution in [-0.4, -0.2) is 11.3 Å². The molecule has 0 spiro atoms. The van der Waals surface area contributed by atoms with Gasteiger partial charge in [0.15, 0.2) is 0 Å². The van der Waals surface area contributed by atoms with Crippen LogP contribution in [0.1, 0.15) is 39.2 Å². The first kappa shape index (κ1) is 14.5. The lowest BCUT2D eigenvalue weighted by atomic mass is 9.76. The molecule has 1 aromatic carbocycles. The monoisotopic (exact) mass is 279 g/mol. The maximum absolute atomic E-state index is 12.6. The summed E-state index contributed by atoms with van der Waals surface area (Å²) in [4.78, 5) is 12.6. The maximum atomic E-state index is 12.6. The zero-order valence-electron chi connectivity index (χ0n) is 11.9. The summed E-state index contributed by atoms with van der Waals surface area (Å²) in [6, 6.07) is 7.70. The van der Waals surface area contributed by atoms with Gasteiger partial charge in [-0.1, -0.05) is 44.5 Å². The maximum Gasteiger partial charge on any atom is 0.143 e. The fraction of sp³-hybridized carbons (Fsp3) is 0.562. The molecule has 1 aliphatic carbocycles. The summed E-state index contributed by atoms with van der Waals surface area (Å²) >= 11 is 5.89. The van der Waals surface area contributed by atoms with Gasteiger partial charge in [-0.25, -0.2) is 0 Å². The lowest BCUT2D eigenvalue weighted by molar-refractivity contribution is -0.131. The average Bonchev–Trinajstić information content (AvgIpc) is 3.05. The van der Waals surface area contributed by atoms with E-state index < -0.39 is 0 Å². The van der Waals surface area contributed by atoms with Crippen molar-refractivity contribution >= 4 is 17.4 Å². The number of hydrogen-bond donors (Lipinski definition) is 1. The molecule has 2 N–H and O–H groups in total. The number of halogens is 1. The minimum Gasteiger partial charge on any atom is -0.324 e. The van der Waals surface area contributed by atoms with E-state index in [0.29, 0.717) is 6.42 Å². The van der Waals surface area contributed by atoms with Crippen molar-refractivity contribution in [3.63, 3.8) is 0 Å². The van der Waals surface area contributed by atoms with Crippen molar-refractivity contribution in [2.24, 2.45) is 17.1 Å². The summed E-state index contributed by atoms with van der Waals surface area (Å²) in [5, 5.41) is 0.719. The highest BCUT2D eigenvalue weighted by Crippen LogP contribution is 2.44. The summed E-state index contributed by atoms with van der Waals surface area (Å²) in [6.45, 7) is 5.90.